The third kappa shape index (κ3) is 0.829. The summed E-state index contributed by atoms with van der Waals surface area (Å²) in [5.74, 6) is 1.07. The third-order valence-corrected chi connectivity index (χ3v) is 2.75. The lowest BCUT2D eigenvalue weighted by Crippen LogP contribution is -1.85. The van der Waals surface area contributed by atoms with Gasteiger partial charge in [-0.3, -0.25) is 0 Å². The lowest BCUT2D eigenvalue weighted by atomic mass is 10.1. The monoisotopic (exact) mass is 173 g/mol. The van der Waals surface area contributed by atoms with Crippen molar-refractivity contribution in [1.29, 1.82) is 0 Å². The van der Waals surface area contributed by atoms with Crippen LogP contribution in [0.5, 0.6) is 5.75 Å². The standard InChI is InChI=1S/C11H11NO/c1-12-6-4-8-9-5-7-13-11(9)3-2-10(8)12/h2-4,6H,5,7H2,1H3. The van der Waals surface area contributed by atoms with Gasteiger partial charge < -0.3 is 9.30 Å². The number of ether oxygens (including phenoxy) is 1. The summed E-state index contributed by atoms with van der Waals surface area (Å²) in [5, 5.41) is 1.34. The zero-order chi connectivity index (χ0) is 8.84. The van der Waals surface area contributed by atoms with Crippen LogP contribution in [0.2, 0.25) is 0 Å². The quantitative estimate of drug-likeness (QED) is 0.595. The first kappa shape index (κ1) is 7.01. The molecular weight excluding hydrogens is 162 g/mol. The Bertz CT molecular complexity index is 470. The van der Waals surface area contributed by atoms with E-state index in [1.54, 1.807) is 0 Å². The number of hydrogen-bond donors (Lipinski definition) is 0. The van der Waals surface area contributed by atoms with Gasteiger partial charge in [0, 0.05) is 36.1 Å². The van der Waals surface area contributed by atoms with Gasteiger partial charge in [0.1, 0.15) is 5.75 Å². The highest BCUT2D eigenvalue weighted by Crippen LogP contribution is 2.32. The van der Waals surface area contributed by atoms with Gasteiger partial charge >= 0.3 is 0 Å². The maximum atomic E-state index is 5.51. The van der Waals surface area contributed by atoms with Crippen LogP contribution in [-0.2, 0) is 13.5 Å². The summed E-state index contributed by atoms with van der Waals surface area (Å²) in [7, 11) is 2.07. The number of nitrogens with zero attached hydrogens (tertiary/aromatic N) is 1. The summed E-state index contributed by atoms with van der Waals surface area (Å²) < 4.78 is 7.65. The van der Waals surface area contributed by atoms with Crippen molar-refractivity contribution in [3.05, 3.63) is 30.0 Å². The van der Waals surface area contributed by atoms with Gasteiger partial charge in [0.15, 0.2) is 0 Å². The normalized spacial score (nSPS) is 14.5. The molecule has 1 aliphatic heterocycles. The number of rotatable bonds is 0. The molecule has 0 radical (unpaired) electrons. The molecule has 0 saturated carbocycles. The summed E-state index contributed by atoms with van der Waals surface area (Å²) in [5.41, 5.74) is 2.67. The molecule has 66 valence electrons. The molecule has 2 heteroatoms. The van der Waals surface area contributed by atoms with Gasteiger partial charge in [0.05, 0.1) is 6.61 Å². The highest BCUT2D eigenvalue weighted by Gasteiger charge is 2.15. The molecule has 0 unspecified atom stereocenters. The fourth-order valence-electron chi connectivity index (χ4n) is 2.05. The van der Waals surface area contributed by atoms with Gasteiger partial charge in [-0.25, -0.2) is 0 Å². The van der Waals surface area contributed by atoms with Gasteiger partial charge in [-0.1, -0.05) is 0 Å². The van der Waals surface area contributed by atoms with E-state index < -0.39 is 0 Å². The van der Waals surface area contributed by atoms with Crippen LogP contribution in [0.4, 0.5) is 0 Å². The van der Waals surface area contributed by atoms with Crippen LogP contribution in [0.1, 0.15) is 5.56 Å². The lowest BCUT2D eigenvalue weighted by Gasteiger charge is -2.00. The van der Waals surface area contributed by atoms with Gasteiger partial charge in [-0.15, -0.1) is 0 Å². The minimum atomic E-state index is 0.837. The maximum absolute atomic E-state index is 5.51. The van der Waals surface area contributed by atoms with E-state index in [0.29, 0.717) is 0 Å². The van der Waals surface area contributed by atoms with Crippen LogP contribution in [0, 0.1) is 0 Å². The van der Waals surface area contributed by atoms with Crippen molar-refractivity contribution in [3.63, 3.8) is 0 Å². The van der Waals surface area contributed by atoms with E-state index in [1.165, 1.54) is 16.5 Å². The Morgan fingerprint density at radius 3 is 3.15 bits per heavy atom. The molecular formula is C11H11NO. The predicted octanol–water partition coefficient (Wildman–Crippen LogP) is 2.11. The van der Waals surface area contributed by atoms with Crippen molar-refractivity contribution < 1.29 is 4.74 Å². The van der Waals surface area contributed by atoms with Crippen molar-refractivity contribution in [1.82, 2.24) is 4.57 Å². The van der Waals surface area contributed by atoms with Crippen molar-refractivity contribution >= 4 is 10.9 Å². The van der Waals surface area contributed by atoms with Crippen LogP contribution in [0.15, 0.2) is 24.4 Å². The molecule has 1 aliphatic rings. The second-order valence-corrected chi connectivity index (χ2v) is 3.50. The van der Waals surface area contributed by atoms with Crippen molar-refractivity contribution in [2.24, 2.45) is 7.05 Å². The van der Waals surface area contributed by atoms with E-state index in [-0.39, 0.29) is 0 Å². The van der Waals surface area contributed by atoms with E-state index in [1.807, 2.05) is 0 Å². The van der Waals surface area contributed by atoms with Crippen LogP contribution in [0.3, 0.4) is 0 Å². The molecule has 0 amide bonds. The Balaban J connectivity index is 2.44. The highest BCUT2D eigenvalue weighted by molar-refractivity contribution is 5.86. The molecule has 0 bridgehead atoms. The van der Waals surface area contributed by atoms with E-state index in [4.69, 9.17) is 4.74 Å². The second kappa shape index (κ2) is 2.28. The molecule has 2 nitrogen and oxygen atoms in total. The average molecular weight is 173 g/mol. The summed E-state index contributed by atoms with van der Waals surface area (Å²) in [4.78, 5) is 0. The summed E-state index contributed by atoms with van der Waals surface area (Å²) >= 11 is 0. The smallest absolute Gasteiger partial charge is 0.123 e. The Kier molecular flexibility index (Phi) is 1.23. The summed E-state index contributed by atoms with van der Waals surface area (Å²) in [6.45, 7) is 0.837. The molecule has 0 atom stereocenters. The zero-order valence-electron chi connectivity index (χ0n) is 7.58. The van der Waals surface area contributed by atoms with Crippen molar-refractivity contribution in [2.45, 2.75) is 6.42 Å². The maximum Gasteiger partial charge on any atom is 0.123 e. The Morgan fingerprint density at radius 2 is 2.23 bits per heavy atom. The van der Waals surface area contributed by atoms with Gasteiger partial charge in [0.25, 0.3) is 0 Å². The molecule has 13 heavy (non-hydrogen) atoms. The predicted molar refractivity (Wildman–Crippen MR) is 52.1 cm³/mol. The number of fused-ring (bicyclic) bond motifs is 3. The zero-order valence-corrected chi connectivity index (χ0v) is 7.58. The SMILES string of the molecule is Cn1ccc2c3c(ccc21)OCC3. The van der Waals surface area contributed by atoms with Gasteiger partial charge in [-0.05, 0) is 18.2 Å². The van der Waals surface area contributed by atoms with E-state index in [2.05, 4.69) is 36.0 Å². The van der Waals surface area contributed by atoms with Crippen LogP contribution in [0.25, 0.3) is 10.9 Å². The first-order valence-electron chi connectivity index (χ1n) is 4.56. The molecule has 0 N–H and O–H groups in total. The first-order valence-corrected chi connectivity index (χ1v) is 4.56. The lowest BCUT2D eigenvalue weighted by molar-refractivity contribution is 0.357. The van der Waals surface area contributed by atoms with E-state index >= 15 is 0 Å². The molecule has 0 aliphatic carbocycles. The molecule has 2 heterocycles. The first-order chi connectivity index (χ1) is 6.36. The molecule has 3 rings (SSSR count). The molecule has 1 aromatic heterocycles. The molecule has 0 fully saturated rings. The minimum Gasteiger partial charge on any atom is -0.493 e. The molecule has 0 saturated heterocycles. The van der Waals surface area contributed by atoms with Crippen molar-refractivity contribution in [3.8, 4) is 5.75 Å². The largest absolute Gasteiger partial charge is 0.493 e. The molecule has 2 aromatic rings. The third-order valence-electron chi connectivity index (χ3n) is 2.75. The Morgan fingerprint density at radius 1 is 1.31 bits per heavy atom. The van der Waals surface area contributed by atoms with Gasteiger partial charge in [0.2, 0.25) is 0 Å². The van der Waals surface area contributed by atoms with Crippen LogP contribution < -0.4 is 4.74 Å². The topological polar surface area (TPSA) is 14.2 Å². The summed E-state index contributed by atoms with van der Waals surface area (Å²) in [6.07, 6.45) is 3.15. The minimum absolute atomic E-state index is 0.837. The Labute approximate surface area is 76.7 Å². The van der Waals surface area contributed by atoms with Crippen molar-refractivity contribution in [2.75, 3.05) is 6.61 Å². The molecule has 1 aromatic carbocycles. The molecule has 0 spiro atoms. The number of aryl methyl sites for hydroxylation is 1. The van der Waals surface area contributed by atoms with Crippen LogP contribution in [-0.4, -0.2) is 11.2 Å². The fourth-order valence-corrected chi connectivity index (χ4v) is 2.05. The van der Waals surface area contributed by atoms with E-state index in [0.717, 1.165) is 18.8 Å². The average Bonchev–Trinajstić information content (AvgIpc) is 2.70. The number of benzene rings is 1. The highest BCUT2D eigenvalue weighted by atomic mass is 16.5. The van der Waals surface area contributed by atoms with E-state index in [9.17, 15) is 0 Å². The number of aromatic nitrogens is 1. The van der Waals surface area contributed by atoms with Gasteiger partial charge in [-0.2, -0.15) is 0 Å². The Hall–Kier alpha value is -1.44. The fraction of sp³-hybridized carbons (Fsp3) is 0.273. The number of hydrogen-bond acceptors (Lipinski definition) is 1. The van der Waals surface area contributed by atoms with Crippen LogP contribution >= 0.6 is 0 Å². The second-order valence-electron chi connectivity index (χ2n) is 3.50. The summed E-state index contributed by atoms with van der Waals surface area (Å²) in [6, 6.07) is 6.37.